The highest BCUT2D eigenvalue weighted by Crippen LogP contribution is 2.43. The second-order valence-corrected chi connectivity index (χ2v) is 15.6. The van der Waals surface area contributed by atoms with Gasteiger partial charge in [-0.1, -0.05) is 18.2 Å². The molecule has 1 aromatic heterocycles. The van der Waals surface area contributed by atoms with E-state index >= 15 is 4.39 Å². The van der Waals surface area contributed by atoms with Gasteiger partial charge in [-0.25, -0.2) is 9.07 Å². The van der Waals surface area contributed by atoms with Gasteiger partial charge in [0.05, 0.1) is 23.5 Å². The molecule has 276 valence electrons. The van der Waals surface area contributed by atoms with Crippen LogP contribution in [0.1, 0.15) is 89.4 Å². The van der Waals surface area contributed by atoms with Gasteiger partial charge < -0.3 is 20.0 Å². The van der Waals surface area contributed by atoms with Crippen molar-refractivity contribution in [2.24, 2.45) is 12.5 Å². The van der Waals surface area contributed by atoms with Crippen LogP contribution in [0.25, 0.3) is 0 Å². The number of amides is 3. The van der Waals surface area contributed by atoms with E-state index in [0.717, 1.165) is 64.0 Å². The third-order valence-electron chi connectivity index (χ3n) is 12.3. The molecule has 4 aliphatic rings. The minimum Gasteiger partial charge on any atom is -0.379 e. The van der Waals surface area contributed by atoms with E-state index in [1.54, 1.807) is 26.2 Å². The second kappa shape index (κ2) is 14.4. The van der Waals surface area contributed by atoms with Crippen LogP contribution in [-0.4, -0.2) is 89.7 Å². The fraction of sp³-hybridized carbons (Fsp3) is 0.525. The molecule has 1 unspecified atom stereocenters. The molecule has 4 fully saturated rings. The molecule has 3 aromatic rings. The topological polar surface area (TPSA) is 120 Å². The summed E-state index contributed by atoms with van der Waals surface area (Å²) in [6.45, 7) is 8.27. The number of halogens is 1. The molecule has 0 bridgehead atoms. The molecule has 52 heavy (non-hydrogen) atoms. The van der Waals surface area contributed by atoms with Gasteiger partial charge in [-0.3, -0.25) is 24.5 Å². The standard InChI is InChI=1S/C40H50FN7O4/c1-25-31(32-10-12-35(49)44-37(32)50)9-11-34(36(25)41)47-17-13-40(14-18-47)15-19-48(20-16-40)39(52)28-7-5-27(6-8-28)29-21-30(24-45(3)23-29)43-33-22-42-46(4)38(51)26(33)2/h5-9,11,22,29-30,32,43H,10,12-21,23-24H2,1-4H3,(H,44,49,50)/t29-,30+,32?/m1/s1. The highest BCUT2D eigenvalue weighted by atomic mass is 19.1. The Labute approximate surface area is 304 Å². The lowest BCUT2D eigenvalue weighted by Gasteiger charge is -2.47. The van der Waals surface area contributed by atoms with E-state index in [4.69, 9.17) is 0 Å². The van der Waals surface area contributed by atoms with E-state index in [2.05, 4.69) is 44.7 Å². The maximum atomic E-state index is 15.7. The summed E-state index contributed by atoms with van der Waals surface area (Å²) in [5.74, 6) is -1.06. The SMILES string of the molecule is Cc1c(C2CCC(=O)NC2=O)ccc(N2CCC3(CCN(C(=O)c4ccc([C@@H]5C[C@H](Nc6cnn(C)c(=O)c6C)CN(C)C5)cc4)CC3)CC2)c1F. The molecule has 2 N–H and O–H groups in total. The van der Waals surface area contributed by atoms with E-state index in [9.17, 15) is 19.2 Å². The van der Waals surface area contributed by atoms with Crippen LogP contribution in [0.4, 0.5) is 15.8 Å². The van der Waals surface area contributed by atoms with Crippen LogP contribution < -0.4 is 21.1 Å². The van der Waals surface area contributed by atoms with Gasteiger partial charge in [0.2, 0.25) is 11.8 Å². The number of benzene rings is 2. The van der Waals surface area contributed by atoms with Crippen molar-refractivity contribution in [3.8, 4) is 0 Å². The quantitative estimate of drug-likeness (QED) is 0.360. The molecule has 1 spiro atoms. The molecule has 5 heterocycles. The maximum Gasteiger partial charge on any atom is 0.271 e. The highest BCUT2D eigenvalue weighted by Gasteiger charge is 2.40. The third kappa shape index (κ3) is 7.09. The normalized spacial score (nSPS) is 23.8. The van der Waals surface area contributed by atoms with Crippen LogP contribution in [0.5, 0.6) is 0 Å². The van der Waals surface area contributed by atoms with Crippen molar-refractivity contribution in [3.05, 3.63) is 86.6 Å². The summed E-state index contributed by atoms with van der Waals surface area (Å²) in [4.78, 5) is 56.5. The van der Waals surface area contributed by atoms with Gasteiger partial charge in [-0.05, 0) is 106 Å². The van der Waals surface area contributed by atoms with Crippen molar-refractivity contribution in [2.75, 3.05) is 56.5 Å². The van der Waals surface area contributed by atoms with Crippen LogP contribution in [0, 0.1) is 25.1 Å². The number of nitrogens with zero attached hydrogens (tertiary/aromatic N) is 5. The Balaban J connectivity index is 0.923. The second-order valence-electron chi connectivity index (χ2n) is 15.6. The summed E-state index contributed by atoms with van der Waals surface area (Å²) in [5, 5.41) is 10.1. The first-order chi connectivity index (χ1) is 24.9. The van der Waals surface area contributed by atoms with Crippen LogP contribution >= 0.6 is 0 Å². The lowest BCUT2D eigenvalue weighted by Crippen LogP contribution is -2.48. The summed E-state index contributed by atoms with van der Waals surface area (Å²) in [5.41, 5.74) is 5.11. The van der Waals surface area contributed by atoms with Crippen molar-refractivity contribution in [1.82, 2.24) is 24.9 Å². The lowest BCUT2D eigenvalue weighted by atomic mass is 9.71. The number of anilines is 2. The molecule has 3 amide bonds. The van der Waals surface area contributed by atoms with Gasteiger partial charge in [-0.15, -0.1) is 0 Å². The average molecular weight is 712 g/mol. The third-order valence-corrected chi connectivity index (χ3v) is 12.3. The molecule has 0 saturated carbocycles. The Kier molecular flexibility index (Phi) is 9.95. The predicted octanol–water partition coefficient (Wildman–Crippen LogP) is 4.48. The summed E-state index contributed by atoms with van der Waals surface area (Å²) >= 11 is 0. The number of hydrogen-bond acceptors (Lipinski definition) is 8. The number of carbonyl (C=O) groups excluding carboxylic acids is 3. The van der Waals surface area contributed by atoms with Crippen molar-refractivity contribution in [3.63, 3.8) is 0 Å². The monoisotopic (exact) mass is 711 g/mol. The van der Waals surface area contributed by atoms with E-state index in [1.807, 2.05) is 30.0 Å². The smallest absolute Gasteiger partial charge is 0.271 e. The molecule has 2 aromatic carbocycles. The summed E-state index contributed by atoms with van der Waals surface area (Å²) in [7, 11) is 3.77. The van der Waals surface area contributed by atoms with Crippen molar-refractivity contribution >= 4 is 29.1 Å². The molecule has 4 aliphatic heterocycles. The van der Waals surface area contributed by atoms with E-state index in [1.165, 1.54) is 10.2 Å². The maximum absolute atomic E-state index is 15.7. The number of imide groups is 1. The first-order valence-electron chi connectivity index (χ1n) is 18.7. The van der Waals surface area contributed by atoms with Crippen LogP contribution in [0.15, 0.2) is 47.4 Å². The Hall–Kier alpha value is -4.58. The predicted molar refractivity (Wildman–Crippen MR) is 198 cm³/mol. The molecule has 7 rings (SSSR count). The van der Waals surface area contributed by atoms with Crippen molar-refractivity contribution in [2.45, 2.75) is 76.7 Å². The van der Waals surface area contributed by atoms with Crippen LogP contribution in [0.2, 0.25) is 0 Å². The van der Waals surface area contributed by atoms with Gasteiger partial charge >= 0.3 is 0 Å². The number of nitrogens with one attached hydrogen (secondary N) is 2. The molecular formula is C40H50FN7O4. The number of aromatic nitrogens is 2. The zero-order chi connectivity index (χ0) is 36.7. The molecule has 11 nitrogen and oxygen atoms in total. The summed E-state index contributed by atoms with van der Waals surface area (Å²) in [6, 6.07) is 11.9. The van der Waals surface area contributed by atoms with Crippen LogP contribution in [0.3, 0.4) is 0 Å². The Morgan fingerprint density at radius 3 is 2.31 bits per heavy atom. The number of likely N-dealkylation sites (tertiary alicyclic amines) is 2. The number of likely N-dealkylation sites (N-methyl/N-ethyl adjacent to an activating group) is 1. The summed E-state index contributed by atoms with van der Waals surface area (Å²) < 4.78 is 17.1. The Bertz CT molecular complexity index is 1910. The first-order valence-corrected chi connectivity index (χ1v) is 18.7. The molecule has 4 saturated heterocycles. The van der Waals surface area contributed by atoms with Gasteiger partial charge in [-0.2, -0.15) is 5.10 Å². The molecule has 0 aliphatic carbocycles. The lowest BCUT2D eigenvalue weighted by molar-refractivity contribution is -0.134. The zero-order valence-electron chi connectivity index (χ0n) is 30.7. The van der Waals surface area contributed by atoms with E-state index < -0.39 is 5.92 Å². The molecular weight excluding hydrogens is 661 g/mol. The van der Waals surface area contributed by atoms with Gasteiger partial charge in [0.25, 0.3) is 11.5 Å². The van der Waals surface area contributed by atoms with Crippen LogP contribution in [-0.2, 0) is 16.6 Å². The minimum atomic E-state index is -0.506. The Morgan fingerprint density at radius 1 is 0.923 bits per heavy atom. The van der Waals surface area contributed by atoms with E-state index in [0.29, 0.717) is 53.4 Å². The van der Waals surface area contributed by atoms with Gasteiger partial charge in [0.15, 0.2) is 0 Å². The largest absolute Gasteiger partial charge is 0.379 e. The van der Waals surface area contributed by atoms with Crippen molar-refractivity contribution in [1.29, 1.82) is 0 Å². The minimum absolute atomic E-state index is 0.0708. The first kappa shape index (κ1) is 35.8. The molecule has 0 radical (unpaired) electrons. The highest BCUT2D eigenvalue weighted by molar-refractivity contribution is 6.01. The fourth-order valence-electron chi connectivity index (χ4n) is 8.97. The number of hydrogen-bond donors (Lipinski definition) is 2. The summed E-state index contributed by atoms with van der Waals surface area (Å²) in [6.07, 6.45) is 7.06. The van der Waals surface area contributed by atoms with E-state index in [-0.39, 0.29) is 47.0 Å². The molecule has 12 heteroatoms. The number of carbonyl (C=O) groups is 3. The Morgan fingerprint density at radius 2 is 1.62 bits per heavy atom. The van der Waals surface area contributed by atoms with Gasteiger partial charge in [0, 0.05) is 69.9 Å². The molecule has 3 atom stereocenters. The van der Waals surface area contributed by atoms with Crippen molar-refractivity contribution < 1.29 is 18.8 Å². The number of piperidine rings is 4. The average Bonchev–Trinajstić information content (AvgIpc) is 3.14. The zero-order valence-corrected chi connectivity index (χ0v) is 30.7. The number of rotatable bonds is 6. The fourth-order valence-corrected chi connectivity index (χ4v) is 8.97. The number of aryl methyl sites for hydroxylation is 1. The van der Waals surface area contributed by atoms with Gasteiger partial charge in [0.1, 0.15) is 5.82 Å².